The number of anilines is 1. The standard InChI is InChI=1S/C17H17F4N3O3S/c1-28(26,27)24-14-4-2-3-11(7-14)9-22-16(25)23-10-12-5-6-13(18)8-15(12)17(19,20)21/h2-8,24H,9-10H2,1H3,(H2,22,23,25). The van der Waals surface area contributed by atoms with E-state index in [0.29, 0.717) is 17.3 Å². The van der Waals surface area contributed by atoms with Gasteiger partial charge >= 0.3 is 12.2 Å². The molecule has 0 radical (unpaired) electrons. The highest BCUT2D eigenvalue weighted by atomic mass is 32.2. The zero-order valence-corrected chi connectivity index (χ0v) is 15.4. The normalized spacial score (nSPS) is 11.8. The number of carbonyl (C=O) groups is 1. The number of nitrogens with one attached hydrogen (secondary N) is 3. The number of benzene rings is 2. The number of carbonyl (C=O) groups excluding carboxylic acids is 1. The van der Waals surface area contributed by atoms with Gasteiger partial charge in [0.25, 0.3) is 0 Å². The van der Waals surface area contributed by atoms with Gasteiger partial charge in [0.2, 0.25) is 10.0 Å². The lowest BCUT2D eigenvalue weighted by atomic mass is 10.1. The van der Waals surface area contributed by atoms with Crippen LogP contribution in [0.2, 0.25) is 0 Å². The summed E-state index contributed by atoms with van der Waals surface area (Å²) in [7, 11) is -3.45. The summed E-state index contributed by atoms with van der Waals surface area (Å²) in [6.45, 7) is -0.433. The summed E-state index contributed by atoms with van der Waals surface area (Å²) in [5.41, 5.74) is -0.555. The Morgan fingerprint density at radius 3 is 2.36 bits per heavy atom. The first-order valence-electron chi connectivity index (χ1n) is 7.88. The Labute approximate surface area is 159 Å². The average molecular weight is 419 g/mol. The SMILES string of the molecule is CS(=O)(=O)Nc1cccc(CNC(=O)NCc2ccc(F)cc2C(F)(F)F)c1. The summed E-state index contributed by atoms with van der Waals surface area (Å²) in [6, 6.07) is 7.71. The lowest BCUT2D eigenvalue weighted by molar-refractivity contribution is -0.138. The van der Waals surface area contributed by atoms with Crippen LogP contribution >= 0.6 is 0 Å². The van der Waals surface area contributed by atoms with Crippen molar-refractivity contribution in [3.8, 4) is 0 Å². The van der Waals surface area contributed by atoms with Gasteiger partial charge in [-0.15, -0.1) is 0 Å². The molecule has 11 heteroatoms. The summed E-state index contributed by atoms with van der Waals surface area (Å²) < 4.78 is 76.6. The summed E-state index contributed by atoms with van der Waals surface area (Å²) >= 11 is 0. The van der Waals surface area contributed by atoms with Crippen molar-refractivity contribution in [2.45, 2.75) is 19.3 Å². The maximum Gasteiger partial charge on any atom is 0.416 e. The van der Waals surface area contributed by atoms with Crippen LogP contribution in [-0.4, -0.2) is 20.7 Å². The van der Waals surface area contributed by atoms with E-state index in [0.717, 1.165) is 18.4 Å². The van der Waals surface area contributed by atoms with Crippen molar-refractivity contribution in [1.29, 1.82) is 0 Å². The molecular weight excluding hydrogens is 402 g/mol. The van der Waals surface area contributed by atoms with E-state index < -0.39 is 40.2 Å². The molecule has 2 aromatic rings. The zero-order chi connectivity index (χ0) is 20.9. The van der Waals surface area contributed by atoms with Crippen molar-refractivity contribution in [3.05, 3.63) is 65.0 Å². The molecule has 28 heavy (non-hydrogen) atoms. The molecular formula is C17H17F4N3O3S. The van der Waals surface area contributed by atoms with Gasteiger partial charge in [0.15, 0.2) is 0 Å². The third-order valence-corrected chi connectivity index (χ3v) is 4.11. The minimum absolute atomic E-state index is 0.0145. The van der Waals surface area contributed by atoms with Gasteiger partial charge in [0.05, 0.1) is 11.8 Å². The Morgan fingerprint density at radius 1 is 1.04 bits per heavy atom. The number of urea groups is 1. The molecule has 0 aliphatic heterocycles. The monoisotopic (exact) mass is 419 g/mol. The van der Waals surface area contributed by atoms with E-state index in [9.17, 15) is 30.8 Å². The van der Waals surface area contributed by atoms with Crippen LogP contribution in [0.4, 0.5) is 28.0 Å². The van der Waals surface area contributed by atoms with Gasteiger partial charge in [-0.25, -0.2) is 17.6 Å². The number of halogens is 4. The van der Waals surface area contributed by atoms with E-state index >= 15 is 0 Å². The molecule has 6 nitrogen and oxygen atoms in total. The van der Waals surface area contributed by atoms with Crippen LogP contribution in [0.3, 0.4) is 0 Å². The first-order valence-corrected chi connectivity index (χ1v) is 9.77. The summed E-state index contributed by atoms with van der Waals surface area (Å²) in [5.74, 6) is -1.02. The van der Waals surface area contributed by atoms with Crippen LogP contribution in [-0.2, 0) is 29.3 Å². The number of rotatable bonds is 6. The number of sulfonamides is 1. The Hall–Kier alpha value is -2.82. The van der Waals surface area contributed by atoms with E-state index in [2.05, 4.69) is 15.4 Å². The molecule has 2 aromatic carbocycles. The second-order valence-corrected chi connectivity index (χ2v) is 7.66. The van der Waals surface area contributed by atoms with Crippen LogP contribution in [0.5, 0.6) is 0 Å². The molecule has 2 amide bonds. The Kier molecular flexibility index (Phi) is 6.49. The largest absolute Gasteiger partial charge is 0.416 e. The number of hydrogen-bond acceptors (Lipinski definition) is 3. The third kappa shape index (κ3) is 6.72. The molecule has 0 saturated heterocycles. The second kappa shape index (κ2) is 8.46. The maximum absolute atomic E-state index is 13.1. The van der Waals surface area contributed by atoms with E-state index in [1.807, 2.05) is 0 Å². The molecule has 0 saturated carbocycles. The fourth-order valence-electron chi connectivity index (χ4n) is 2.35. The second-order valence-electron chi connectivity index (χ2n) is 5.91. The van der Waals surface area contributed by atoms with Crippen LogP contribution in [0.1, 0.15) is 16.7 Å². The molecule has 152 valence electrons. The Bertz CT molecular complexity index is 962. The van der Waals surface area contributed by atoms with Gasteiger partial charge in [-0.1, -0.05) is 18.2 Å². The van der Waals surface area contributed by atoms with E-state index in [-0.39, 0.29) is 12.1 Å². The van der Waals surface area contributed by atoms with Crippen molar-refractivity contribution >= 4 is 21.7 Å². The number of amides is 2. The molecule has 3 N–H and O–H groups in total. The molecule has 0 aromatic heterocycles. The fourth-order valence-corrected chi connectivity index (χ4v) is 2.90. The molecule has 0 spiro atoms. The summed E-state index contributed by atoms with van der Waals surface area (Å²) in [6.07, 6.45) is -3.75. The molecule has 0 bridgehead atoms. The van der Waals surface area contributed by atoms with Crippen molar-refractivity contribution in [2.75, 3.05) is 11.0 Å². The first-order chi connectivity index (χ1) is 12.9. The van der Waals surface area contributed by atoms with Gasteiger partial charge in [-0.05, 0) is 35.4 Å². The lowest BCUT2D eigenvalue weighted by Crippen LogP contribution is -2.35. The molecule has 0 heterocycles. The van der Waals surface area contributed by atoms with Crippen molar-refractivity contribution in [1.82, 2.24) is 10.6 Å². The number of hydrogen-bond donors (Lipinski definition) is 3. The fraction of sp³-hybridized carbons (Fsp3) is 0.235. The van der Waals surface area contributed by atoms with Crippen LogP contribution in [0.25, 0.3) is 0 Å². The summed E-state index contributed by atoms with van der Waals surface area (Å²) in [5, 5.41) is 4.72. The minimum Gasteiger partial charge on any atom is -0.334 e. The maximum atomic E-state index is 13.1. The van der Waals surface area contributed by atoms with Gasteiger partial charge in [0, 0.05) is 18.8 Å². The molecule has 0 aliphatic rings. The van der Waals surface area contributed by atoms with Crippen molar-refractivity contribution < 1.29 is 30.8 Å². The lowest BCUT2D eigenvalue weighted by Gasteiger charge is -2.14. The highest BCUT2D eigenvalue weighted by Gasteiger charge is 2.33. The smallest absolute Gasteiger partial charge is 0.334 e. The first kappa shape index (κ1) is 21.5. The predicted molar refractivity (Wildman–Crippen MR) is 95.4 cm³/mol. The average Bonchev–Trinajstić information content (AvgIpc) is 2.57. The highest BCUT2D eigenvalue weighted by Crippen LogP contribution is 2.32. The Morgan fingerprint density at radius 2 is 1.71 bits per heavy atom. The molecule has 0 aliphatic carbocycles. The van der Waals surface area contributed by atoms with E-state index in [1.165, 1.54) is 12.1 Å². The molecule has 2 rings (SSSR count). The van der Waals surface area contributed by atoms with Gasteiger partial charge in [-0.3, -0.25) is 4.72 Å². The third-order valence-electron chi connectivity index (χ3n) is 3.50. The molecule has 0 fully saturated rings. The van der Waals surface area contributed by atoms with Crippen molar-refractivity contribution in [2.24, 2.45) is 0 Å². The molecule has 0 atom stereocenters. The summed E-state index contributed by atoms with van der Waals surface area (Å²) in [4.78, 5) is 11.8. The quantitative estimate of drug-likeness (QED) is 0.629. The highest BCUT2D eigenvalue weighted by molar-refractivity contribution is 7.92. The van der Waals surface area contributed by atoms with E-state index in [4.69, 9.17) is 0 Å². The van der Waals surface area contributed by atoms with Crippen molar-refractivity contribution in [3.63, 3.8) is 0 Å². The van der Waals surface area contributed by atoms with Crippen LogP contribution < -0.4 is 15.4 Å². The minimum atomic E-state index is -4.75. The Balaban J connectivity index is 1.95. The van der Waals surface area contributed by atoms with Gasteiger partial charge in [-0.2, -0.15) is 13.2 Å². The molecule has 0 unspecified atom stereocenters. The van der Waals surface area contributed by atoms with Crippen LogP contribution in [0.15, 0.2) is 42.5 Å². The van der Waals surface area contributed by atoms with E-state index in [1.54, 1.807) is 12.1 Å². The van der Waals surface area contributed by atoms with Crippen LogP contribution in [0, 0.1) is 5.82 Å². The van der Waals surface area contributed by atoms with Gasteiger partial charge < -0.3 is 10.6 Å². The topological polar surface area (TPSA) is 87.3 Å². The van der Waals surface area contributed by atoms with Gasteiger partial charge in [0.1, 0.15) is 5.82 Å². The number of alkyl halides is 3. The predicted octanol–water partition coefficient (Wildman–Crippen LogP) is 3.22. The zero-order valence-electron chi connectivity index (χ0n) is 14.6.